The highest BCUT2D eigenvalue weighted by Crippen LogP contribution is 2.30. The average Bonchev–Trinajstić information content (AvgIpc) is 2.92. The minimum absolute atomic E-state index is 0.0138. The number of carboxylic acid groups (broad SMARTS) is 1. The second-order valence-electron chi connectivity index (χ2n) is 4.46. The van der Waals surface area contributed by atoms with Gasteiger partial charge in [0.2, 0.25) is 10.0 Å². The summed E-state index contributed by atoms with van der Waals surface area (Å²) in [4.78, 5) is 11.4. The van der Waals surface area contributed by atoms with Gasteiger partial charge in [-0.1, -0.05) is 0 Å². The Bertz CT molecular complexity index is 534. The number of sulfonamides is 1. The molecule has 0 atom stereocenters. The van der Waals surface area contributed by atoms with Gasteiger partial charge in [-0.15, -0.1) is 0 Å². The number of ether oxygens (including phenoxy) is 1. The SMILES string of the molecule is O=C(O)C1(CNS(=O)(=O)c2cn[nH]c2)CCOCC1. The molecule has 0 amide bonds. The van der Waals surface area contributed by atoms with Crippen molar-refractivity contribution in [1.82, 2.24) is 14.9 Å². The molecule has 2 rings (SSSR count). The second-order valence-corrected chi connectivity index (χ2v) is 6.22. The Labute approximate surface area is 110 Å². The summed E-state index contributed by atoms with van der Waals surface area (Å²) in [5.41, 5.74) is -1.10. The summed E-state index contributed by atoms with van der Waals surface area (Å²) in [6, 6.07) is 0. The van der Waals surface area contributed by atoms with Crippen LogP contribution in [0.3, 0.4) is 0 Å². The molecule has 9 heteroatoms. The molecule has 8 nitrogen and oxygen atoms in total. The van der Waals surface area contributed by atoms with Gasteiger partial charge in [0.15, 0.2) is 0 Å². The number of aromatic amines is 1. The van der Waals surface area contributed by atoms with E-state index in [2.05, 4.69) is 14.9 Å². The number of aromatic nitrogens is 2. The number of aliphatic carboxylic acids is 1. The van der Waals surface area contributed by atoms with Gasteiger partial charge in [0.25, 0.3) is 0 Å². The maximum atomic E-state index is 11.9. The van der Waals surface area contributed by atoms with E-state index in [0.29, 0.717) is 13.2 Å². The van der Waals surface area contributed by atoms with Crippen molar-refractivity contribution in [1.29, 1.82) is 0 Å². The number of nitrogens with zero attached hydrogens (tertiary/aromatic N) is 1. The van der Waals surface area contributed by atoms with Gasteiger partial charge in [0.05, 0.1) is 11.6 Å². The molecule has 0 bridgehead atoms. The molecule has 3 N–H and O–H groups in total. The standard InChI is InChI=1S/C10H15N3O5S/c14-9(15)10(1-3-18-4-2-10)7-13-19(16,17)8-5-11-12-6-8/h5-6,13H,1-4,7H2,(H,11,12)(H,14,15). The minimum Gasteiger partial charge on any atom is -0.481 e. The van der Waals surface area contributed by atoms with Gasteiger partial charge in [0.1, 0.15) is 4.90 Å². The molecule has 0 saturated carbocycles. The summed E-state index contributed by atoms with van der Waals surface area (Å²) in [5.74, 6) is -1.01. The molecular formula is C10H15N3O5S. The van der Waals surface area contributed by atoms with Crippen molar-refractivity contribution < 1.29 is 23.1 Å². The molecule has 0 radical (unpaired) electrons. The summed E-state index contributed by atoms with van der Waals surface area (Å²) in [7, 11) is -3.74. The van der Waals surface area contributed by atoms with Crippen LogP contribution in [0.5, 0.6) is 0 Å². The number of nitrogens with one attached hydrogen (secondary N) is 2. The number of H-pyrrole nitrogens is 1. The van der Waals surface area contributed by atoms with Crippen molar-refractivity contribution in [2.75, 3.05) is 19.8 Å². The molecule has 1 saturated heterocycles. The average molecular weight is 289 g/mol. The van der Waals surface area contributed by atoms with Crippen molar-refractivity contribution in [2.45, 2.75) is 17.7 Å². The molecule has 0 unspecified atom stereocenters. The van der Waals surface area contributed by atoms with Gasteiger partial charge >= 0.3 is 5.97 Å². The summed E-state index contributed by atoms with van der Waals surface area (Å²) in [5, 5.41) is 15.3. The maximum Gasteiger partial charge on any atom is 0.311 e. The number of hydrogen-bond donors (Lipinski definition) is 3. The molecule has 2 heterocycles. The van der Waals surface area contributed by atoms with Gasteiger partial charge < -0.3 is 9.84 Å². The lowest BCUT2D eigenvalue weighted by Gasteiger charge is -2.32. The first kappa shape index (κ1) is 14.0. The first-order valence-corrected chi connectivity index (χ1v) is 7.24. The summed E-state index contributed by atoms with van der Waals surface area (Å²) in [6.45, 7) is 0.485. The number of hydrogen-bond acceptors (Lipinski definition) is 5. The first-order chi connectivity index (χ1) is 8.96. The van der Waals surface area contributed by atoms with Crippen molar-refractivity contribution in [3.8, 4) is 0 Å². The number of carboxylic acids is 1. The Morgan fingerprint density at radius 3 is 2.74 bits per heavy atom. The van der Waals surface area contributed by atoms with E-state index in [9.17, 15) is 18.3 Å². The smallest absolute Gasteiger partial charge is 0.311 e. The molecule has 0 spiro atoms. The van der Waals surface area contributed by atoms with Crippen LogP contribution in [0.1, 0.15) is 12.8 Å². The lowest BCUT2D eigenvalue weighted by molar-refractivity contribution is -0.154. The largest absolute Gasteiger partial charge is 0.481 e. The zero-order valence-electron chi connectivity index (χ0n) is 10.1. The van der Waals surface area contributed by atoms with Gasteiger partial charge in [-0.2, -0.15) is 5.10 Å². The van der Waals surface area contributed by atoms with Crippen LogP contribution in [0, 0.1) is 5.41 Å². The zero-order chi connectivity index (χ0) is 13.9. The van der Waals surface area contributed by atoms with Crippen molar-refractivity contribution >= 4 is 16.0 Å². The van der Waals surface area contributed by atoms with Gasteiger partial charge in [-0.25, -0.2) is 13.1 Å². The maximum absolute atomic E-state index is 11.9. The van der Waals surface area contributed by atoms with Gasteiger partial charge in [-0.05, 0) is 12.8 Å². The van der Waals surface area contributed by atoms with Crippen molar-refractivity contribution in [2.24, 2.45) is 5.41 Å². The highest BCUT2D eigenvalue weighted by Gasteiger charge is 2.41. The second kappa shape index (κ2) is 5.27. The number of carbonyl (C=O) groups is 1. The predicted octanol–water partition coefficient (Wildman–Crippen LogP) is -0.431. The molecule has 1 aromatic heterocycles. The van der Waals surface area contributed by atoms with Crippen LogP contribution in [0.4, 0.5) is 0 Å². The molecule has 1 aliphatic heterocycles. The van der Waals surface area contributed by atoms with Crippen LogP contribution in [0.2, 0.25) is 0 Å². The Morgan fingerprint density at radius 2 is 2.21 bits per heavy atom. The highest BCUT2D eigenvalue weighted by molar-refractivity contribution is 7.89. The van der Waals surface area contributed by atoms with Crippen LogP contribution >= 0.6 is 0 Å². The Morgan fingerprint density at radius 1 is 1.53 bits per heavy atom. The lowest BCUT2D eigenvalue weighted by atomic mass is 9.80. The molecule has 106 valence electrons. The molecular weight excluding hydrogens is 274 g/mol. The summed E-state index contributed by atoms with van der Waals surface area (Å²) >= 11 is 0. The summed E-state index contributed by atoms with van der Waals surface area (Å²) < 4.78 is 31.3. The summed E-state index contributed by atoms with van der Waals surface area (Å²) in [6.07, 6.45) is 2.98. The van der Waals surface area contributed by atoms with E-state index in [4.69, 9.17) is 4.74 Å². The van der Waals surface area contributed by atoms with Crippen molar-refractivity contribution in [3.05, 3.63) is 12.4 Å². The molecule has 1 aliphatic rings. The lowest BCUT2D eigenvalue weighted by Crippen LogP contribution is -2.46. The number of rotatable bonds is 5. The highest BCUT2D eigenvalue weighted by atomic mass is 32.2. The van der Waals surface area contributed by atoms with Crippen LogP contribution in [0.25, 0.3) is 0 Å². The van der Waals surface area contributed by atoms with Crippen molar-refractivity contribution in [3.63, 3.8) is 0 Å². The van der Waals surface area contributed by atoms with E-state index >= 15 is 0 Å². The Balaban J connectivity index is 2.09. The molecule has 1 fully saturated rings. The quantitative estimate of drug-likeness (QED) is 0.676. The Kier molecular flexibility index (Phi) is 3.88. The monoisotopic (exact) mass is 289 g/mol. The molecule has 1 aromatic rings. The van der Waals surface area contributed by atoms with Gasteiger partial charge in [0, 0.05) is 26.0 Å². The zero-order valence-corrected chi connectivity index (χ0v) is 10.9. The fraction of sp³-hybridized carbons (Fsp3) is 0.600. The van der Waals surface area contributed by atoms with E-state index < -0.39 is 21.4 Å². The molecule has 0 aliphatic carbocycles. The third kappa shape index (κ3) is 2.94. The fourth-order valence-corrected chi connectivity index (χ4v) is 2.96. The van der Waals surface area contributed by atoms with E-state index in [1.165, 1.54) is 12.4 Å². The molecule has 0 aromatic carbocycles. The van der Waals surface area contributed by atoms with E-state index in [-0.39, 0.29) is 24.3 Å². The fourth-order valence-electron chi connectivity index (χ4n) is 1.93. The van der Waals surface area contributed by atoms with Crippen LogP contribution in [-0.4, -0.2) is 49.4 Å². The third-order valence-electron chi connectivity index (χ3n) is 3.29. The van der Waals surface area contributed by atoms with Gasteiger partial charge in [-0.3, -0.25) is 9.89 Å². The van der Waals surface area contributed by atoms with E-state index in [1.807, 2.05) is 0 Å². The first-order valence-electron chi connectivity index (χ1n) is 5.76. The van der Waals surface area contributed by atoms with E-state index in [1.54, 1.807) is 0 Å². The van der Waals surface area contributed by atoms with Crippen LogP contribution in [-0.2, 0) is 19.6 Å². The minimum atomic E-state index is -3.74. The van der Waals surface area contributed by atoms with E-state index in [0.717, 1.165) is 0 Å². The predicted molar refractivity (Wildman–Crippen MR) is 63.9 cm³/mol. The Hall–Kier alpha value is -1.45. The van der Waals surface area contributed by atoms with Crippen LogP contribution < -0.4 is 4.72 Å². The van der Waals surface area contributed by atoms with Crippen LogP contribution in [0.15, 0.2) is 17.3 Å². The topological polar surface area (TPSA) is 121 Å². The molecule has 19 heavy (non-hydrogen) atoms. The normalized spacial score (nSPS) is 19.2. The third-order valence-corrected chi connectivity index (χ3v) is 4.66.